The number of aromatic nitrogens is 5. The number of anilines is 3. The van der Waals surface area contributed by atoms with E-state index in [0.717, 1.165) is 5.69 Å². The number of pyridine rings is 1. The van der Waals surface area contributed by atoms with Crippen molar-refractivity contribution < 1.29 is 14.0 Å². The van der Waals surface area contributed by atoms with Crippen molar-refractivity contribution in [2.24, 2.45) is 0 Å². The number of amides is 1. The van der Waals surface area contributed by atoms with E-state index in [-0.39, 0.29) is 11.0 Å². The number of nitrogens with one attached hydrogen (secondary N) is 4. The van der Waals surface area contributed by atoms with Crippen molar-refractivity contribution in [3.8, 4) is 11.1 Å². The number of H-pyrrole nitrogens is 1. The molecule has 3 heterocycles. The van der Waals surface area contributed by atoms with E-state index in [9.17, 15) is 9.18 Å². The molecule has 0 aliphatic heterocycles. The molecule has 12 heteroatoms. The average Bonchev–Trinajstić information content (AvgIpc) is 3.35. The Morgan fingerprint density at radius 1 is 1.18 bits per heavy atom. The van der Waals surface area contributed by atoms with Gasteiger partial charge in [0.1, 0.15) is 11.6 Å². The molecule has 0 saturated heterocycles. The van der Waals surface area contributed by atoms with Crippen LogP contribution in [0.2, 0.25) is 5.02 Å². The molecular weight excluding hydrogens is 463 g/mol. The maximum atomic E-state index is 13.5. The van der Waals surface area contributed by atoms with E-state index in [1.165, 1.54) is 31.5 Å². The highest BCUT2D eigenvalue weighted by molar-refractivity contribution is 6.31. The first kappa shape index (κ1) is 23.1. The first-order valence-electron chi connectivity index (χ1n) is 10.1. The van der Waals surface area contributed by atoms with E-state index >= 15 is 0 Å². The summed E-state index contributed by atoms with van der Waals surface area (Å²) in [6.45, 7) is 0.547. The Balaban J connectivity index is 1.63. The maximum Gasteiger partial charge on any atom is 0.276 e. The topological polar surface area (TPSA) is 130 Å². The maximum absolute atomic E-state index is 13.5. The quantitative estimate of drug-likeness (QED) is 0.265. The Morgan fingerprint density at radius 2 is 2.06 bits per heavy atom. The molecule has 0 unspecified atom stereocenters. The summed E-state index contributed by atoms with van der Waals surface area (Å²) in [6.07, 6.45) is 8.68. The summed E-state index contributed by atoms with van der Waals surface area (Å²) in [4.78, 5) is 37.0. The zero-order valence-electron chi connectivity index (χ0n) is 18.0. The first-order valence-corrected chi connectivity index (χ1v) is 10.5. The Hall–Kier alpha value is -4.09. The molecule has 1 aromatic carbocycles. The van der Waals surface area contributed by atoms with Crippen LogP contribution in [-0.2, 0) is 11.3 Å². The summed E-state index contributed by atoms with van der Waals surface area (Å²) in [5.74, 6) is -0.166. The first-order chi connectivity index (χ1) is 16.5. The Kier molecular flexibility index (Phi) is 7.25. The van der Waals surface area contributed by atoms with Crippen LogP contribution in [0, 0.1) is 5.82 Å². The number of carbonyl (C=O) groups is 1. The van der Waals surface area contributed by atoms with Gasteiger partial charge in [0, 0.05) is 60.3 Å². The highest BCUT2D eigenvalue weighted by atomic mass is 35.5. The Morgan fingerprint density at radius 3 is 2.82 bits per heavy atom. The van der Waals surface area contributed by atoms with Gasteiger partial charge in [-0.2, -0.15) is 4.98 Å². The van der Waals surface area contributed by atoms with Gasteiger partial charge in [0.15, 0.2) is 0 Å². The van der Waals surface area contributed by atoms with Crippen LogP contribution in [-0.4, -0.2) is 44.5 Å². The van der Waals surface area contributed by atoms with Crippen LogP contribution in [0.1, 0.15) is 16.1 Å². The minimum atomic E-state index is -0.519. The van der Waals surface area contributed by atoms with Gasteiger partial charge in [0.05, 0.1) is 24.0 Å². The molecule has 0 atom stereocenters. The van der Waals surface area contributed by atoms with Crippen LogP contribution < -0.4 is 16.1 Å². The van der Waals surface area contributed by atoms with E-state index in [1.807, 2.05) is 0 Å². The Bertz CT molecular complexity index is 1290. The molecule has 0 aliphatic carbocycles. The van der Waals surface area contributed by atoms with Gasteiger partial charge in [0.25, 0.3) is 5.91 Å². The second-order valence-corrected chi connectivity index (χ2v) is 7.47. The van der Waals surface area contributed by atoms with Gasteiger partial charge in [-0.3, -0.25) is 14.6 Å². The molecule has 0 fully saturated rings. The monoisotopic (exact) mass is 482 g/mol. The zero-order chi connectivity index (χ0) is 23.9. The molecule has 4 N–H and O–H groups in total. The summed E-state index contributed by atoms with van der Waals surface area (Å²) in [7, 11) is 1.35. The second-order valence-electron chi connectivity index (χ2n) is 7.06. The number of aromatic amines is 1. The van der Waals surface area contributed by atoms with Crippen molar-refractivity contribution in [3.63, 3.8) is 0 Å². The third-order valence-corrected chi connectivity index (χ3v) is 5.00. The molecule has 0 saturated carbocycles. The van der Waals surface area contributed by atoms with Crippen molar-refractivity contribution in [1.82, 2.24) is 30.4 Å². The summed E-state index contributed by atoms with van der Waals surface area (Å²) in [5.41, 5.74) is 5.33. The van der Waals surface area contributed by atoms with Gasteiger partial charge in [0.2, 0.25) is 5.95 Å². The molecule has 4 aromatic rings. The van der Waals surface area contributed by atoms with E-state index in [4.69, 9.17) is 16.4 Å². The lowest BCUT2D eigenvalue weighted by molar-refractivity contribution is 0.0537. The normalized spacial score (nSPS) is 10.7. The number of hydroxylamine groups is 1. The molecule has 174 valence electrons. The molecule has 0 radical (unpaired) electrons. The molecule has 0 spiro atoms. The summed E-state index contributed by atoms with van der Waals surface area (Å²) in [5, 5.41) is 6.29. The minimum absolute atomic E-state index is 0.0169. The van der Waals surface area contributed by atoms with E-state index in [2.05, 4.69) is 41.0 Å². The van der Waals surface area contributed by atoms with Crippen LogP contribution in [0.4, 0.5) is 21.8 Å². The van der Waals surface area contributed by atoms with Crippen molar-refractivity contribution in [1.29, 1.82) is 0 Å². The SMILES string of the molecule is CONC(=O)c1cncc(-c2cnc(Nc3ccc(F)c(Cl)c3)nc2NCCc2cnc[nH]2)c1. The molecule has 3 aromatic heterocycles. The van der Waals surface area contributed by atoms with Gasteiger partial charge >= 0.3 is 0 Å². The van der Waals surface area contributed by atoms with E-state index < -0.39 is 11.7 Å². The molecule has 0 aliphatic rings. The van der Waals surface area contributed by atoms with E-state index in [0.29, 0.717) is 41.2 Å². The average molecular weight is 483 g/mol. The van der Waals surface area contributed by atoms with Crippen molar-refractivity contribution in [2.75, 3.05) is 24.3 Å². The fourth-order valence-corrected chi connectivity index (χ4v) is 3.27. The predicted molar refractivity (Wildman–Crippen MR) is 125 cm³/mol. The number of halogens is 2. The van der Waals surface area contributed by atoms with Crippen LogP contribution in [0.5, 0.6) is 0 Å². The molecule has 34 heavy (non-hydrogen) atoms. The lowest BCUT2D eigenvalue weighted by atomic mass is 10.1. The third-order valence-electron chi connectivity index (χ3n) is 4.71. The van der Waals surface area contributed by atoms with Gasteiger partial charge in [-0.05, 0) is 24.3 Å². The highest BCUT2D eigenvalue weighted by Crippen LogP contribution is 2.28. The number of rotatable bonds is 9. The number of hydrogen-bond donors (Lipinski definition) is 4. The molecule has 1 amide bonds. The number of nitrogens with zero attached hydrogens (tertiary/aromatic N) is 4. The summed E-state index contributed by atoms with van der Waals surface area (Å²) >= 11 is 5.87. The standard InChI is InChI=1S/C22H20ClFN8O2/c1-34-32-21(33)14-6-13(8-25-9-14)17-11-28-22(30-15-2-3-19(24)18(23)7-15)31-20(17)27-5-4-16-10-26-12-29-16/h2-3,6-12H,4-5H2,1H3,(H,26,29)(H,32,33)(H2,27,28,30,31). The third kappa shape index (κ3) is 5.63. The summed E-state index contributed by atoms with van der Waals surface area (Å²) in [6, 6.07) is 5.89. The lowest BCUT2D eigenvalue weighted by Crippen LogP contribution is -2.21. The van der Waals surface area contributed by atoms with Gasteiger partial charge < -0.3 is 15.6 Å². The molecular formula is C22H20ClFN8O2. The Labute approximate surface area is 198 Å². The fourth-order valence-electron chi connectivity index (χ4n) is 3.09. The van der Waals surface area contributed by atoms with Crippen LogP contribution in [0.3, 0.4) is 0 Å². The summed E-state index contributed by atoms with van der Waals surface area (Å²) < 4.78 is 13.5. The number of imidazole rings is 1. The number of carbonyl (C=O) groups excluding carboxylic acids is 1. The fraction of sp³-hybridized carbons (Fsp3) is 0.136. The highest BCUT2D eigenvalue weighted by Gasteiger charge is 2.14. The lowest BCUT2D eigenvalue weighted by Gasteiger charge is -2.14. The van der Waals surface area contributed by atoms with Crippen LogP contribution in [0.15, 0.2) is 55.4 Å². The number of benzene rings is 1. The van der Waals surface area contributed by atoms with Crippen molar-refractivity contribution in [3.05, 3.63) is 77.5 Å². The smallest absolute Gasteiger partial charge is 0.276 e. The number of hydrogen-bond acceptors (Lipinski definition) is 8. The molecule has 10 nitrogen and oxygen atoms in total. The zero-order valence-corrected chi connectivity index (χ0v) is 18.7. The van der Waals surface area contributed by atoms with Gasteiger partial charge in [-0.1, -0.05) is 11.6 Å². The molecule has 4 rings (SSSR count). The van der Waals surface area contributed by atoms with Crippen molar-refractivity contribution in [2.45, 2.75) is 6.42 Å². The van der Waals surface area contributed by atoms with Gasteiger partial charge in [-0.15, -0.1) is 0 Å². The minimum Gasteiger partial charge on any atom is -0.369 e. The van der Waals surface area contributed by atoms with Crippen molar-refractivity contribution >= 4 is 35.0 Å². The van der Waals surface area contributed by atoms with Gasteiger partial charge in [-0.25, -0.2) is 19.8 Å². The predicted octanol–water partition coefficient (Wildman–Crippen LogP) is 3.74. The second kappa shape index (κ2) is 10.7. The van der Waals surface area contributed by atoms with Crippen LogP contribution >= 0.6 is 11.6 Å². The van der Waals surface area contributed by atoms with E-state index in [1.54, 1.807) is 31.0 Å². The largest absolute Gasteiger partial charge is 0.369 e. The molecule has 0 bridgehead atoms. The van der Waals surface area contributed by atoms with Crippen LogP contribution in [0.25, 0.3) is 11.1 Å².